The Kier molecular flexibility index (Phi) is 4.93. The zero-order chi connectivity index (χ0) is 17.6. The highest BCUT2D eigenvalue weighted by Gasteiger charge is 2.10. The lowest BCUT2D eigenvalue weighted by atomic mass is 10.2. The molecule has 0 atom stereocenters. The van der Waals surface area contributed by atoms with Crippen molar-refractivity contribution in [2.24, 2.45) is 0 Å². The Bertz CT molecular complexity index is 931. The summed E-state index contributed by atoms with van der Waals surface area (Å²) in [5.74, 6) is -0.374. The van der Waals surface area contributed by atoms with Crippen LogP contribution in [0.25, 0.3) is 0 Å². The van der Waals surface area contributed by atoms with Crippen LogP contribution in [0, 0.1) is 11.3 Å². The first kappa shape index (κ1) is 16.5. The molecular weight excluding hydrogens is 336 g/mol. The van der Waals surface area contributed by atoms with Crippen molar-refractivity contribution in [3.05, 3.63) is 83.1 Å². The second-order valence-corrected chi connectivity index (χ2v) is 5.61. The molecule has 122 valence electrons. The molecule has 0 spiro atoms. The van der Waals surface area contributed by atoms with Crippen LogP contribution in [-0.2, 0) is 0 Å². The Balaban J connectivity index is 1.70. The molecular formula is C19H13ClN4O. The molecule has 0 aliphatic heterocycles. The molecule has 1 heterocycles. The van der Waals surface area contributed by atoms with Crippen molar-refractivity contribution in [2.75, 3.05) is 10.6 Å². The van der Waals surface area contributed by atoms with Crippen LogP contribution in [0.4, 0.5) is 17.1 Å². The highest BCUT2D eigenvalue weighted by molar-refractivity contribution is 6.30. The molecule has 0 aliphatic carbocycles. The van der Waals surface area contributed by atoms with Crippen LogP contribution in [0.3, 0.4) is 0 Å². The van der Waals surface area contributed by atoms with Gasteiger partial charge in [-0.25, -0.2) is 4.98 Å². The molecule has 0 radical (unpaired) electrons. The summed E-state index contributed by atoms with van der Waals surface area (Å²) in [5, 5.41) is 15.6. The van der Waals surface area contributed by atoms with Gasteiger partial charge in [-0.3, -0.25) is 4.79 Å². The zero-order valence-electron chi connectivity index (χ0n) is 13.0. The number of aromatic nitrogens is 1. The third kappa shape index (κ3) is 4.14. The predicted molar refractivity (Wildman–Crippen MR) is 98.1 cm³/mol. The van der Waals surface area contributed by atoms with Gasteiger partial charge < -0.3 is 10.6 Å². The molecule has 3 rings (SSSR count). The smallest absolute Gasteiger partial charge is 0.274 e. The Hall–Kier alpha value is -3.36. The summed E-state index contributed by atoms with van der Waals surface area (Å²) < 4.78 is 0. The molecule has 0 bridgehead atoms. The fourth-order valence-electron chi connectivity index (χ4n) is 2.18. The summed E-state index contributed by atoms with van der Waals surface area (Å²) in [4.78, 5) is 16.4. The lowest BCUT2D eigenvalue weighted by molar-refractivity contribution is 0.102. The van der Waals surface area contributed by atoms with Gasteiger partial charge in [-0.1, -0.05) is 23.7 Å². The molecule has 0 saturated carbocycles. The van der Waals surface area contributed by atoms with Gasteiger partial charge in [-0.2, -0.15) is 5.26 Å². The fourth-order valence-corrected chi connectivity index (χ4v) is 2.30. The summed E-state index contributed by atoms with van der Waals surface area (Å²) >= 11 is 5.85. The van der Waals surface area contributed by atoms with Crippen LogP contribution in [0.5, 0.6) is 0 Å². The summed E-state index contributed by atoms with van der Waals surface area (Å²) in [5.41, 5.74) is 2.73. The van der Waals surface area contributed by atoms with Gasteiger partial charge in [-0.05, 0) is 48.5 Å². The third-order valence-corrected chi connectivity index (χ3v) is 3.68. The van der Waals surface area contributed by atoms with Crippen LogP contribution >= 0.6 is 11.6 Å². The Morgan fingerprint density at radius 1 is 1.00 bits per heavy atom. The van der Waals surface area contributed by atoms with E-state index in [1.54, 1.807) is 54.7 Å². The number of halogens is 1. The quantitative estimate of drug-likeness (QED) is 0.722. The van der Waals surface area contributed by atoms with E-state index in [0.29, 0.717) is 16.3 Å². The number of rotatable bonds is 4. The van der Waals surface area contributed by atoms with Gasteiger partial charge in [0.15, 0.2) is 0 Å². The lowest BCUT2D eigenvalue weighted by Gasteiger charge is -2.08. The average molecular weight is 349 g/mol. The van der Waals surface area contributed by atoms with E-state index < -0.39 is 0 Å². The molecule has 3 aromatic rings. The van der Waals surface area contributed by atoms with Gasteiger partial charge in [0, 0.05) is 10.7 Å². The number of carbonyl (C=O) groups excluding carboxylic acids is 1. The van der Waals surface area contributed by atoms with E-state index in [4.69, 9.17) is 16.9 Å². The first-order valence-corrected chi connectivity index (χ1v) is 7.82. The number of para-hydroxylation sites is 1. The molecule has 25 heavy (non-hydrogen) atoms. The number of nitrogens with one attached hydrogen (secondary N) is 2. The van der Waals surface area contributed by atoms with E-state index in [0.717, 1.165) is 11.4 Å². The summed E-state index contributed by atoms with van der Waals surface area (Å²) in [6.45, 7) is 0. The van der Waals surface area contributed by atoms with Crippen molar-refractivity contribution < 1.29 is 4.79 Å². The molecule has 5 nitrogen and oxygen atoms in total. The number of benzene rings is 2. The van der Waals surface area contributed by atoms with Gasteiger partial charge in [0.25, 0.3) is 5.91 Å². The van der Waals surface area contributed by atoms with Crippen LogP contribution in [0.2, 0.25) is 5.02 Å². The Labute approximate surface area is 149 Å². The molecule has 0 unspecified atom stereocenters. The van der Waals surface area contributed by atoms with Gasteiger partial charge in [0.2, 0.25) is 0 Å². The van der Waals surface area contributed by atoms with E-state index in [1.165, 1.54) is 0 Å². The lowest BCUT2D eigenvalue weighted by Crippen LogP contribution is -2.14. The standard InChI is InChI=1S/C19H13ClN4O/c20-14-5-7-15(8-6-14)23-16-9-10-18(22-12-16)19(25)24-17-4-2-1-3-13(17)11-21/h1-10,12,23H,(H,24,25). The van der Waals surface area contributed by atoms with E-state index in [2.05, 4.69) is 15.6 Å². The zero-order valence-corrected chi connectivity index (χ0v) is 13.8. The second kappa shape index (κ2) is 7.47. The van der Waals surface area contributed by atoms with Crippen molar-refractivity contribution in [3.8, 4) is 6.07 Å². The number of amides is 1. The monoisotopic (exact) mass is 348 g/mol. The largest absolute Gasteiger partial charge is 0.354 e. The minimum absolute atomic E-state index is 0.259. The van der Waals surface area contributed by atoms with Gasteiger partial charge in [0.05, 0.1) is 23.1 Å². The summed E-state index contributed by atoms with van der Waals surface area (Å²) in [6.07, 6.45) is 1.57. The number of nitrogens with zero attached hydrogens (tertiary/aromatic N) is 2. The fraction of sp³-hybridized carbons (Fsp3) is 0. The molecule has 1 aromatic heterocycles. The number of pyridine rings is 1. The van der Waals surface area contributed by atoms with Crippen LogP contribution in [0.15, 0.2) is 66.9 Å². The minimum Gasteiger partial charge on any atom is -0.354 e. The minimum atomic E-state index is -0.374. The second-order valence-electron chi connectivity index (χ2n) is 5.18. The molecule has 2 N–H and O–H groups in total. The predicted octanol–water partition coefficient (Wildman–Crippen LogP) is 4.60. The molecule has 0 aliphatic rings. The summed E-state index contributed by atoms with van der Waals surface area (Å²) in [7, 11) is 0. The van der Waals surface area contributed by atoms with Crippen molar-refractivity contribution >= 4 is 34.6 Å². The van der Waals surface area contributed by atoms with Gasteiger partial charge in [-0.15, -0.1) is 0 Å². The van der Waals surface area contributed by atoms with Crippen LogP contribution < -0.4 is 10.6 Å². The highest BCUT2D eigenvalue weighted by Crippen LogP contribution is 2.19. The first-order chi connectivity index (χ1) is 12.2. The number of hydrogen-bond donors (Lipinski definition) is 2. The molecule has 2 aromatic carbocycles. The third-order valence-electron chi connectivity index (χ3n) is 3.42. The number of nitriles is 1. The van der Waals surface area contributed by atoms with Crippen LogP contribution in [0.1, 0.15) is 16.1 Å². The van der Waals surface area contributed by atoms with Crippen molar-refractivity contribution in [1.82, 2.24) is 4.98 Å². The van der Waals surface area contributed by atoms with Crippen molar-refractivity contribution in [1.29, 1.82) is 5.26 Å². The Morgan fingerprint density at radius 3 is 2.40 bits per heavy atom. The topological polar surface area (TPSA) is 77.8 Å². The van der Waals surface area contributed by atoms with Crippen molar-refractivity contribution in [3.63, 3.8) is 0 Å². The molecule has 1 amide bonds. The number of carbonyl (C=O) groups is 1. The van der Waals surface area contributed by atoms with Crippen molar-refractivity contribution in [2.45, 2.75) is 0 Å². The first-order valence-electron chi connectivity index (χ1n) is 7.45. The van der Waals surface area contributed by atoms with Gasteiger partial charge in [0.1, 0.15) is 11.8 Å². The molecule has 0 saturated heterocycles. The average Bonchev–Trinajstić information content (AvgIpc) is 2.64. The van der Waals surface area contributed by atoms with E-state index in [-0.39, 0.29) is 11.6 Å². The molecule has 6 heteroatoms. The van der Waals surface area contributed by atoms with E-state index >= 15 is 0 Å². The highest BCUT2D eigenvalue weighted by atomic mass is 35.5. The van der Waals surface area contributed by atoms with Gasteiger partial charge >= 0.3 is 0 Å². The van der Waals surface area contributed by atoms with Crippen LogP contribution in [-0.4, -0.2) is 10.9 Å². The summed E-state index contributed by atoms with van der Waals surface area (Å²) in [6, 6.07) is 19.5. The SMILES string of the molecule is N#Cc1ccccc1NC(=O)c1ccc(Nc2ccc(Cl)cc2)cn1. The normalized spacial score (nSPS) is 9.92. The Morgan fingerprint density at radius 2 is 1.72 bits per heavy atom. The maximum atomic E-state index is 12.3. The number of anilines is 3. The van der Waals surface area contributed by atoms with E-state index in [9.17, 15) is 4.79 Å². The maximum absolute atomic E-state index is 12.3. The maximum Gasteiger partial charge on any atom is 0.274 e. The molecule has 0 fully saturated rings. The number of hydrogen-bond acceptors (Lipinski definition) is 4. The van der Waals surface area contributed by atoms with E-state index in [1.807, 2.05) is 18.2 Å².